The molecule has 1 aliphatic carbocycles. The third-order valence-electron chi connectivity index (χ3n) is 3.93. The highest BCUT2D eigenvalue weighted by Gasteiger charge is 2.25. The molecule has 100 valence electrons. The first-order chi connectivity index (χ1) is 8.04. The van der Waals surface area contributed by atoms with Crippen LogP contribution in [0.2, 0.25) is 0 Å². The molecule has 0 bridgehead atoms. The second kappa shape index (κ2) is 7.14. The Morgan fingerprint density at radius 1 is 1.35 bits per heavy atom. The molecule has 0 aromatic heterocycles. The average molecular weight is 259 g/mol. The lowest BCUT2D eigenvalue weighted by molar-refractivity contribution is -0.126. The van der Waals surface area contributed by atoms with E-state index in [0.717, 1.165) is 18.8 Å². The Morgan fingerprint density at radius 2 is 1.94 bits per heavy atom. The SMILES string of the molecule is CCC1CCC(C(=O)NC[C@@H](C)[S@](C)=O)CC1. The first kappa shape index (κ1) is 14.7. The van der Waals surface area contributed by atoms with Crippen LogP contribution in [0.25, 0.3) is 0 Å². The summed E-state index contributed by atoms with van der Waals surface area (Å²) >= 11 is 0. The molecular weight excluding hydrogens is 234 g/mol. The fourth-order valence-electron chi connectivity index (χ4n) is 2.34. The zero-order chi connectivity index (χ0) is 12.8. The average Bonchev–Trinajstić information content (AvgIpc) is 2.35. The van der Waals surface area contributed by atoms with E-state index < -0.39 is 10.8 Å². The quantitative estimate of drug-likeness (QED) is 0.821. The molecule has 1 fully saturated rings. The third kappa shape index (κ3) is 4.78. The van der Waals surface area contributed by atoms with E-state index in [1.54, 1.807) is 6.26 Å². The first-order valence-corrected chi connectivity index (χ1v) is 8.26. The van der Waals surface area contributed by atoms with E-state index in [1.807, 2.05) is 6.92 Å². The summed E-state index contributed by atoms with van der Waals surface area (Å²) in [6.07, 6.45) is 7.33. The molecule has 1 saturated carbocycles. The van der Waals surface area contributed by atoms with Gasteiger partial charge in [-0.2, -0.15) is 0 Å². The second-order valence-electron chi connectivity index (χ2n) is 5.18. The van der Waals surface area contributed by atoms with Crippen LogP contribution < -0.4 is 5.32 Å². The standard InChI is InChI=1S/C13H25NO2S/c1-4-11-5-7-12(8-6-11)13(15)14-9-10(2)17(3)16/h10-12H,4-9H2,1-3H3,(H,14,15)/t10-,11?,12?,17+/m1/s1. The van der Waals surface area contributed by atoms with Gasteiger partial charge in [0.25, 0.3) is 0 Å². The number of nitrogens with one attached hydrogen (secondary N) is 1. The summed E-state index contributed by atoms with van der Waals surface area (Å²) in [5, 5.41) is 2.98. The maximum Gasteiger partial charge on any atom is 0.223 e. The van der Waals surface area contributed by atoms with Crippen LogP contribution in [-0.4, -0.2) is 28.2 Å². The van der Waals surface area contributed by atoms with E-state index in [1.165, 1.54) is 19.3 Å². The van der Waals surface area contributed by atoms with Gasteiger partial charge in [0.05, 0.1) is 0 Å². The number of carbonyl (C=O) groups excluding carboxylic acids is 1. The van der Waals surface area contributed by atoms with Crippen molar-refractivity contribution in [2.24, 2.45) is 11.8 Å². The summed E-state index contributed by atoms with van der Waals surface area (Å²) in [6, 6.07) is 0. The molecule has 0 aromatic rings. The Morgan fingerprint density at radius 3 is 2.41 bits per heavy atom. The number of hydrogen-bond donors (Lipinski definition) is 1. The summed E-state index contributed by atoms with van der Waals surface area (Å²) in [6.45, 7) is 4.67. The van der Waals surface area contributed by atoms with E-state index in [9.17, 15) is 9.00 Å². The van der Waals surface area contributed by atoms with Gasteiger partial charge in [0.15, 0.2) is 0 Å². The first-order valence-electron chi connectivity index (χ1n) is 6.64. The van der Waals surface area contributed by atoms with Crippen LogP contribution in [0.5, 0.6) is 0 Å². The zero-order valence-corrected chi connectivity index (χ0v) is 12.0. The third-order valence-corrected chi connectivity index (χ3v) is 5.23. The second-order valence-corrected chi connectivity index (χ2v) is 6.98. The van der Waals surface area contributed by atoms with Gasteiger partial charge in [0.1, 0.15) is 0 Å². The molecule has 1 rings (SSSR count). The van der Waals surface area contributed by atoms with Crippen LogP contribution in [0.15, 0.2) is 0 Å². The molecule has 1 aliphatic rings. The van der Waals surface area contributed by atoms with Gasteiger partial charge in [-0.3, -0.25) is 9.00 Å². The van der Waals surface area contributed by atoms with Crippen molar-refractivity contribution >= 4 is 16.7 Å². The maximum absolute atomic E-state index is 11.9. The van der Waals surface area contributed by atoms with Gasteiger partial charge in [-0.25, -0.2) is 0 Å². The fraction of sp³-hybridized carbons (Fsp3) is 0.923. The van der Waals surface area contributed by atoms with E-state index >= 15 is 0 Å². The molecule has 0 spiro atoms. The van der Waals surface area contributed by atoms with E-state index in [2.05, 4.69) is 12.2 Å². The van der Waals surface area contributed by atoms with Crippen molar-refractivity contribution < 1.29 is 9.00 Å². The Balaban J connectivity index is 2.27. The molecule has 0 radical (unpaired) electrons. The topological polar surface area (TPSA) is 46.2 Å². The van der Waals surface area contributed by atoms with Gasteiger partial charge in [0.2, 0.25) is 5.91 Å². The fourth-order valence-corrected chi connectivity index (χ4v) is 2.66. The van der Waals surface area contributed by atoms with E-state index in [0.29, 0.717) is 6.54 Å². The Kier molecular flexibility index (Phi) is 6.17. The summed E-state index contributed by atoms with van der Waals surface area (Å²) in [5.74, 6) is 1.17. The van der Waals surface area contributed by atoms with Crippen LogP contribution in [0.4, 0.5) is 0 Å². The number of rotatable bonds is 5. The zero-order valence-electron chi connectivity index (χ0n) is 11.2. The van der Waals surface area contributed by atoms with Gasteiger partial charge < -0.3 is 5.32 Å². The van der Waals surface area contributed by atoms with Gasteiger partial charge in [-0.05, 0) is 38.5 Å². The van der Waals surface area contributed by atoms with Crippen molar-refractivity contribution in [2.75, 3.05) is 12.8 Å². The van der Waals surface area contributed by atoms with E-state index in [4.69, 9.17) is 0 Å². The molecule has 0 unspecified atom stereocenters. The number of carbonyl (C=O) groups is 1. The van der Waals surface area contributed by atoms with Crippen molar-refractivity contribution in [1.82, 2.24) is 5.32 Å². The Hall–Kier alpha value is -0.380. The lowest BCUT2D eigenvalue weighted by atomic mass is 9.80. The molecule has 4 heteroatoms. The summed E-state index contributed by atoms with van der Waals surface area (Å²) in [5.41, 5.74) is 0. The molecule has 1 amide bonds. The Bertz CT molecular complexity index is 273. The molecule has 2 atom stereocenters. The minimum atomic E-state index is -0.854. The maximum atomic E-state index is 11.9. The summed E-state index contributed by atoms with van der Waals surface area (Å²) in [7, 11) is -0.854. The van der Waals surface area contributed by atoms with Crippen molar-refractivity contribution in [3.63, 3.8) is 0 Å². The smallest absolute Gasteiger partial charge is 0.223 e. The van der Waals surface area contributed by atoms with Crippen LogP contribution in [0.1, 0.15) is 46.0 Å². The van der Waals surface area contributed by atoms with Crippen LogP contribution in [0, 0.1) is 11.8 Å². The minimum absolute atomic E-state index is 0.0472. The van der Waals surface area contributed by atoms with Crippen LogP contribution in [-0.2, 0) is 15.6 Å². The molecule has 0 aliphatic heterocycles. The molecule has 3 nitrogen and oxygen atoms in total. The van der Waals surface area contributed by atoms with Crippen LogP contribution in [0.3, 0.4) is 0 Å². The highest BCUT2D eigenvalue weighted by atomic mass is 32.2. The van der Waals surface area contributed by atoms with Gasteiger partial charge in [0, 0.05) is 34.8 Å². The van der Waals surface area contributed by atoms with Crippen LogP contribution >= 0.6 is 0 Å². The monoisotopic (exact) mass is 259 g/mol. The Labute approximate surface area is 107 Å². The van der Waals surface area contributed by atoms with Gasteiger partial charge in [-0.1, -0.05) is 13.3 Å². The van der Waals surface area contributed by atoms with Gasteiger partial charge in [-0.15, -0.1) is 0 Å². The lowest BCUT2D eigenvalue weighted by Crippen LogP contribution is -2.38. The molecule has 0 saturated heterocycles. The van der Waals surface area contributed by atoms with Crippen molar-refractivity contribution in [3.8, 4) is 0 Å². The highest BCUT2D eigenvalue weighted by molar-refractivity contribution is 7.84. The largest absolute Gasteiger partial charge is 0.355 e. The highest BCUT2D eigenvalue weighted by Crippen LogP contribution is 2.30. The molecule has 0 heterocycles. The lowest BCUT2D eigenvalue weighted by Gasteiger charge is -2.27. The molecule has 17 heavy (non-hydrogen) atoms. The number of hydrogen-bond acceptors (Lipinski definition) is 2. The molecule has 1 N–H and O–H groups in total. The summed E-state index contributed by atoms with van der Waals surface area (Å²) < 4.78 is 11.2. The van der Waals surface area contributed by atoms with Crippen molar-refractivity contribution in [2.45, 2.75) is 51.2 Å². The number of amides is 1. The normalized spacial score (nSPS) is 28.4. The van der Waals surface area contributed by atoms with Crippen molar-refractivity contribution in [1.29, 1.82) is 0 Å². The minimum Gasteiger partial charge on any atom is -0.355 e. The van der Waals surface area contributed by atoms with Crippen molar-refractivity contribution in [3.05, 3.63) is 0 Å². The predicted molar refractivity (Wildman–Crippen MR) is 72.3 cm³/mol. The molecular formula is C13H25NO2S. The summed E-state index contributed by atoms with van der Waals surface area (Å²) in [4.78, 5) is 11.9. The van der Waals surface area contributed by atoms with Gasteiger partial charge >= 0.3 is 0 Å². The predicted octanol–water partition coefficient (Wildman–Crippen LogP) is 2.09. The molecule has 0 aromatic carbocycles. The van der Waals surface area contributed by atoms with E-state index in [-0.39, 0.29) is 17.1 Å².